The molecule has 106 valence electrons. The van der Waals surface area contributed by atoms with Gasteiger partial charge in [-0.05, 0) is 5.56 Å². The fourth-order valence-electron chi connectivity index (χ4n) is 3.13. The van der Waals surface area contributed by atoms with Crippen LogP contribution in [0.2, 0.25) is 0 Å². The van der Waals surface area contributed by atoms with Crippen molar-refractivity contribution in [1.29, 1.82) is 0 Å². The molecular weight excluding hydrogens is 256 g/mol. The molecule has 2 saturated heterocycles. The highest BCUT2D eigenvalue weighted by Gasteiger charge is 2.56. The molecule has 20 heavy (non-hydrogen) atoms. The Hall–Kier alpha value is -1.65. The van der Waals surface area contributed by atoms with Crippen LogP contribution < -0.4 is 0 Å². The maximum absolute atomic E-state index is 11.8. The van der Waals surface area contributed by atoms with E-state index in [0.717, 1.165) is 12.0 Å². The molecule has 0 spiro atoms. The number of hydrogen-bond acceptors (Lipinski definition) is 4. The number of fused-ring (bicyclic) bond motifs is 1. The molecule has 0 saturated carbocycles. The highest BCUT2D eigenvalue weighted by Crippen LogP contribution is 2.50. The van der Waals surface area contributed by atoms with Crippen LogP contribution in [-0.4, -0.2) is 31.4 Å². The lowest BCUT2D eigenvalue weighted by Crippen LogP contribution is -2.40. The van der Waals surface area contributed by atoms with Gasteiger partial charge >= 0.3 is 5.97 Å². The van der Waals surface area contributed by atoms with E-state index in [1.807, 2.05) is 30.3 Å². The second-order valence-electron chi connectivity index (χ2n) is 5.22. The van der Waals surface area contributed by atoms with E-state index in [1.54, 1.807) is 0 Å². The summed E-state index contributed by atoms with van der Waals surface area (Å²) in [5.41, 5.74) is 0.733. The smallest absolute Gasteiger partial charge is 0.336 e. The number of carbonyl (C=O) groups is 1. The molecule has 1 aromatic carbocycles. The maximum Gasteiger partial charge on any atom is 0.336 e. The van der Waals surface area contributed by atoms with Crippen molar-refractivity contribution in [2.75, 3.05) is 13.7 Å². The number of rotatable bonds is 3. The first kappa shape index (κ1) is 13.3. The van der Waals surface area contributed by atoms with Crippen LogP contribution in [0, 0.1) is 0 Å². The van der Waals surface area contributed by atoms with Gasteiger partial charge < -0.3 is 14.2 Å². The molecule has 0 amide bonds. The van der Waals surface area contributed by atoms with Gasteiger partial charge in [-0.3, -0.25) is 0 Å². The molecule has 4 heteroatoms. The van der Waals surface area contributed by atoms with E-state index >= 15 is 0 Å². The lowest BCUT2D eigenvalue weighted by Gasteiger charge is -2.27. The molecule has 2 aliphatic rings. The Kier molecular flexibility index (Phi) is 3.36. The van der Waals surface area contributed by atoms with Gasteiger partial charge in [0.25, 0.3) is 0 Å². The van der Waals surface area contributed by atoms with Gasteiger partial charge in [-0.1, -0.05) is 36.9 Å². The van der Waals surface area contributed by atoms with Crippen LogP contribution in [0.5, 0.6) is 0 Å². The van der Waals surface area contributed by atoms with Crippen molar-refractivity contribution < 1.29 is 19.0 Å². The first-order chi connectivity index (χ1) is 9.67. The second kappa shape index (κ2) is 5.04. The summed E-state index contributed by atoms with van der Waals surface area (Å²) >= 11 is 0. The average Bonchev–Trinajstić information content (AvgIpc) is 3.04. The van der Waals surface area contributed by atoms with Crippen LogP contribution in [0.1, 0.15) is 24.5 Å². The molecule has 2 aliphatic heterocycles. The van der Waals surface area contributed by atoms with E-state index in [0.29, 0.717) is 18.6 Å². The molecule has 3 rings (SSSR count). The van der Waals surface area contributed by atoms with E-state index in [1.165, 1.54) is 7.11 Å². The monoisotopic (exact) mass is 274 g/mol. The molecular formula is C16H18O4. The SMILES string of the molecule is C=C(C(=O)OC)[C@]12C[C@@H](c3ccccc3)O[C@H]1CCO2. The lowest BCUT2D eigenvalue weighted by molar-refractivity contribution is -0.139. The Morgan fingerprint density at radius 2 is 2.15 bits per heavy atom. The number of esters is 1. The van der Waals surface area contributed by atoms with E-state index in [4.69, 9.17) is 14.2 Å². The predicted molar refractivity (Wildman–Crippen MR) is 73.1 cm³/mol. The average molecular weight is 274 g/mol. The molecule has 2 heterocycles. The Labute approximate surface area is 118 Å². The van der Waals surface area contributed by atoms with Crippen molar-refractivity contribution in [1.82, 2.24) is 0 Å². The number of benzene rings is 1. The largest absolute Gasteiger partial charge is 0.466 e. The molecule has 1 aromatic rings. The van der Waals surface area contributed by atoms with Crippen molar-refractivity contribution in [3.05, 3.63) is 48.0 Å². The fourth-order valence-corrected chi connectivity index (χ4v) is 3.13. The standard InChI is InChI=1S/C16H18O4/c1-11(15(17)18-2)16-10-13(12-6-4-3-5-7-12)20-14(16)8-9-19-16/h3-7,13-14H,1,8-10H2,2H3/t13-,14-,16+/m0/s1. The van der Waals surface area contributed by atoms with Gasteiger partial charge in [0.2, 0.25) is 0 Å². The second-order valence-corrected chi connectivity index (χ2v) is 5.22. The molecule has 0 aliphatic carbocycles. The van der Waals surface area contributed by atoms with Crippen molar-refractivity contribution >= 4 is 5.97 Å². The molecule has 2 fully saturated rings. The van der Waals surface area contributed by atoms with Gasteiger partial charge in [0.15, 0.2) is 0 Å². The van der Waals surface area contributed by atoms with Crippen molar-refractivity contribution in [2.45, 2.75) is 30.7 Å². The first-order valence-electron chi connectivity index (χ1n) is 6.79. The highest BCUT2D eigenvalue weighted by atomic mass is 16.6. The van der Waals surface area contributed by atoms with Gasteiger partial charge in [-0.25, -0.2) is 4.79 Å². The number of hydrogen-bond donors (Lipinski definition) is 0. The Morgan fingerprint density at radius 1 is 1.40 bits per heavy atom. The zero-order valence-corrected chi connectivity index (χ0v) is 11.5. The number of methoxy groups -OCH3 is 1. The third kappa shape index (κ3) is 1.96. The van der Waals surface area contributed by atoms with Crippen molar-refractivity contribution in [3.8, 4) is 0 Å². The summed E-state index contributed by atoms with van der Waals surface area (Å²) in [4.78, 5) is 11.8. The number of carbonyl (C=O) groups excluding carboxylic acids is 1. The Balaban J connectivity index is 1.88. The summed E-state index contributed by atoms with van der Waals surface area (Å²) in [5.74, 6) is -0.422. The summed E-state index contributed by atoms with van der Waals surface area (Å²) in [7, 11) is 1.36. The summed E-state index contributed by atoms with van der Waals surface area (Å²) in [6.45, 7) is 4.47. The van der Waals surface area contributed by atoms with E-state index in [2.05, 4.69) is 6.58 Å². The predicted octanol–water partition coefficient (Wildman–Crippen LogP) is 2.40. The minimum absolute atomic E-state index is 0.0668. The summed E-state index contributed by atoms with van der Waals surface area (Å²) < 4.78 is 16.8. The van der Waals surface area contributed by atoms with Gasteiger partial charge in [-0.2, -0.15) is 0 Å². The summed E-state index contributed by atoms with van der Waals surface area (Å²) in [5, 5.41) is 0. The van der Waals surface area contributed by atoms with Gasteiger partial charge in [0.05, 0.1) is 31.5 Å². The van der Waals surface area contributed by atoms with Crippen LogP contribution in [0.15, 0.2) is 42.5 Å². The molecule has 0 unspecified atom stereocenters. The molecule has 0 bridgehead atoms. The van der Waals surface area contributed by atoms with Gasteiger partial charge in [0, 0.05) is 12.8 Å². The normalized spacial score (nSPS) is 31.9. The molecule has 3 atom stereocenters. The summed E-state index contributed by atoms with van der Waals surface area (Å²) in [6, 6.07) is 9.99. The molecule has 0 N–H and O–H groups in total. The molecule has 0 aromatic heterocycles. The zero-order valence-electron chi connectivity index (χ0n) is 11.5. The Morgan fingerprint density at radius 3 is 2.85 bits per heavy atom. The van der Waals surface area contributed by atoms with E-state index in [-0.39, 0.29) is 12.2 Å². The third-order valence-electron chi connectivity index (χ3n) is 4.19. The van der Waals surface area contributed by atoms with Crippen LogP contribution >= 0.6 is 0 Å². The van der Waals surface area contributed by atoms with Crippen LogP contribution in [-0.2, 0) is 19.0 Å². The zero-order chi connectivity index (χ0) is 14.2. The van der Waals surface area contributed by atoms with Crippen LogP contribution in [0.25, 0.3) is 0 Å². The topological polar surface area (TPSA) is 44.8 Å². The van der Waals surface area contributed by atoms with Crippen molar-refractivity contribution in [3.63, 3.8) is 0 Å². The lowest BCUT2D eigenvalue weighted by atomic mass is 9.85. The van der Waals surface area contributed by atoms with Gasteiger partial charge in [0.1, 0.15) is 5.60 Å². The minimum atomic E-state index is -0.729. The van der Waals surface area contributed by atoms with E-state index < -0.39 is 11.6 Å². The minimum Gasteiger partial charge on any atom is -0.466 e. The fraction of sp³-hybridized carbons (Fsp3) is 0.438. The molecule has 4 nitrogen and oxygen atoms in total. The van der Waals surface area contributed by atoms with Gasteiger partial charge in [-0.15, -0.1) is 0 Å². The summed E-state index contributed by atoms with van der Waals surface area (Å²) in [6.07, 6.45) is 1.19. The van der Waals surface area contributed by atoms with Crippen molar-refractivity contribution in [2.24, 2.45) is 0 Å². The Bertz CT molecular complexity index is 525. The highest BCUT2D eigenvalue weighted by molar-refractivity contribution is 5.90. The first-order valence-corrected chi connectivity index (χ1v) is 6.79. The quantitative estimate of drug-likeness (QED) is 0.627. The number of ether oxygens (including phenoxy) is 3. The van der Waals surface area contributed by atoms with E-state index in [9.17, 15) is 4.79 Å². The maximum atomic E-state index is 11.8. The van der Waals surface area contributed by atoms with Crippen LogP contribution in [0.3, 0.4) is 0 Å². The molecule has 0 radical (unpaired) electrons. The third-order valence-corrected chi connectivity index (χ3v) is 4.19. The van der Waals surface area contributed by atoms with Crippen LogP contribution in [0.4, 0.5) is 0 Å².